The quantitative estimate of drug-likeness (QED) is 0.852. The summed E-state index contributed by atoms with van der Waals surface area (Å²) in [5.41, 5.74) is 1.04. The molecule has 1 N–H and O–H groups in total. The lowest BCUT2D eigenvalue weighted by atomic mass is 10.4. The molecule has 2 aromatic heterocycles. The van der Waals surface area contributed by atoms with Gasteiger partial charge in [-0.1, -0.05) is 0 Å². The van der Waals surface area contributed by atoms with E-state index in [0.717, 1.165) is 4.31 Å². The van der Waals surface area contributed by atoms with E-state index < -0.39 is 10.2 Å². The fourth-order valence-electron chi connectivity index (χ4n) is 1.26. The Hall–Kier alpha value is -1.60. The predicted octanol–water partition coefficient (Wildman–Crippen LogP) is 0.553. The van der Waals surface area contributed by atoms with E-state index in [9.17, 15) is 8.42 Å². The Morgan fingerprint density at radius 3 is 2.81 bits per heavy atom. The van der Waals surface area contributed by atoms with Crippen LogP contribution in [0.5, 0.6) is 0 Å². The van der Waals surface area contributed by atoms with Crippen molar-refractivity contribution in [1.29, 1.82) is 0 Å². The van der Waals surface area contributed by atoms with Crippen LogP contribution in [0.4, 0.5) is 5.69 Å². The Kier molecular flexibility index (Phi) is 2.56. The highest BCUT2D eigenvalue weighted by molar-refractivity contribution is 7.90. The van der Waals surface area contributed by atoms with Gasteiger partial charge in [-0.2, -0.15) is 12.7 Å². The fraction of sp³-hybridized carbons (Fsp3) is 0.222. The highest BCUT2D eigenvalue weighted by atomic mass is 32.2. The van der Waals surface area contributed by atoms with Crippen molar-refractivity contribution in [2.75, 3.05) is 18.8 Å². The average molecular weight is 240 g/mol. The van der Waals surface area contributed by atoms with Gasteiger partial charge in [-0.15, -0.1) is 0 Å². The SMILES string of the molecule is CN(C)S(=O)(=O)Nc1cccn2ccnc12. The van der Waals surface area contributed by atoms with Crippen LogP contribution in [0.3, 0.4) is 0 Å². The second kappa shape index (κ2) is 3.76. The lowest BCUT2D eigenvalue weighted by Crippen LogP contribution is -2.29. The molecule has 2 aromatic rings. The van der Waals surface area contributed by atoms with Gasteiger partial charge in [0.05, 0.1) is 5.69 Å². The number of anilines is 1. The van der Waals surface area contributed by atoms with Crippen molar-refractivity contribution >= 4 is 21.5 Å². The Morgan fingerprint density at radius 1 is 1.38 bits per heavy atom. The van der Waals surface area contributed by atoms with E-state index in [1.54, 1.807) is 35.1 Å². The molecule has 0 aromatic carbocycles. The standard InChI is InChI=1S/C9H12N4O2S/c1-12(2)16(14,15)11-8-4-3-6-13-7-5-10-9(8)13/h3-7,11H,1-2H3. The van der Waals surface area contributed by atoms with Crippen LogP contribution in [-0.4, -0.2) is 36.2 Å². The van der Waals surface area contributed by atoms with Crippen LogP contribution in [0.15, 0.2) is 30.7 Å². The van der Waals surface area contributed by atoms with Gasteiger partial charge < -0.3 is 4.40 Å². The van der Waals surface area contributed by atoms with Crippen molar-refractivity contribution in [2.45, 2.75) is 0 Å². The molecule has 6 nitrogen and oxygen atoms in total. The molecule has 0 radical (unpaired) electrons. The summed E-state index contributed by atoms with van der Waals surface area (Å²) in [6.45, 7) is 0. The van der Waals surface area contributed by atoms with Gasteiger partial charge >= 0.3 is 10.2 Å². The molecule has 0 atom stereocenters. The molecule has 86 valence electrons. The summed E-state index contributed by atoms with van der Waals surface area (Å²) < 4.78 is 28.6. The first-order valence-electron chi connectivity index (χ1n) is 4.62. The zero-order valence-corrected chi connectivity index (χ0v) is 9.77. The van der Waals surface area contributed by atoms with Gasteiger partial charge in [-0.25, -0.2) is 4.98 Å². The first-order chi connectivity index (χ1) is 7.50. The largest absolute Gasteiger partial charge is 0.305 e. The van der Waals surface area contributed by atoms with Gasteiger partial charge in [0.15, 0.2) is 5.65 Å². The number of nitrogens with one attached hydrogen (secondary N) is 1. The van der Waals surface area contributed by atoms with Gasteiger partial charge in [0.25, 0.3) is 0 Å². The van der Waals surface area contributed by atoms with E-state index in [2.05, 4.69) is 9.71 Å². The topological polar surface area (TPSA) is 66.7 Å². The van der Waals surface area contributed by atoms with Crippen LogP contribution in [0.2, 0.25) is 0 Å². The monoisotopic (exact) mass is 240 g/mol. The van der Waals surface area contributed by atoms with E-state index in [1.807, 2.05) is 0 Å². The number of aromatic nitrogens is 2. The molecule has 0 bridgehead atoms. The van der Waals surface area contributed by atoms with Crippen molar-refractivity contribution in [1.82, 2.24) is 13.7 Å². The highest BCUT2D eigenvalue weighted by Gasteiger charge is 2.14. The molecule has 2 rings (SSSR count). The number of nitrogens with zero attached hydrogens (tertiary/aromatic N) is 3. The summed E-state index contributed by atoms with van der Waals surface area (Å²) in [6.07, 6.45) is 5.17. The summed E-state index contributed by atoms with van der Waals surface area (Å²) in [5, 5.41) is 0. The van der Waals surface area contributed by atoms with Crippen molar-refractivity contribution < 1.29 is 8.42 Å². The molecule has 7 heteroatoms. The average Bonchev–Trinajstić information content (AvgIpc) is 2.65. The summed E-state index contributed by atoms with van der Waals surface area (Å²) in [7, 11) is -0.558. The van der Waals surface area contributed by atoms with Crippen LogP contribution < -0.4 is 4.72 Å². The zero-order chi connectivity index (χ0) is 11.8. The maximum Gasteiger partial charge on any atom is 0.301 e. The van der Waals surface area contributed by atoms with E-state index >= 15 is 0 Å². The van der Waals surface area contributed by atoms with Gasteiger partial charge in [0.2, 0.25) is 0 Å². The first kappa shape index (κ1) is 10.9. The van der Waals surface area contributed by atoms with E-state index in [-0.39, 0.29) is 0 Å². The molecule has 2 heterocycles. The maximum absolute atomic E-state index is 11.6. The molecule has 0 fully saturated rings. The number of pyridine rings is 1. The third kappa shape index (κ3) is 1.86. The second-order valence-corrected chi connectivity index (χ2v) is 5.35. The molecule has 0 amide bonds. The molecule has 0 saturated heterocycles. The number of fused-ring (bicyclic) bond motifs is 1. The van der Waals surface area contributed by atoms with E-state index in [4.69, 9.17) is 0 Å². The van der Waals surface area contributed by atoms with Crippen LogP contribution in [0.1, 0.15) is 0 Å². The summed E-state index contributed by atoms with van der Waals surface area (Å²) in [5.74, 6) is 0. The molecule has 0 aliphatic carbocycles. The Balaban J connectivity index is 2.46. The minimum absolute atomic E-state index is 0.459. The molecule has 16 heavy (non-hydrogen) atoms. The zero-order valence-electron chi connectivity index (χ0n) is 8.95. The molecule has 0 aliphatic rings. The highest BCUT2D eigenvalue weighted by Crippen LogP contribution is 2.16. The van der Waals surface area contributed by atoms with Crippen LogP contribution in [0.25, 0.3) is 5.65 Å². The van der Waals surface area contributed by atoms with Gasteiger partial charge in [-0.05, 0) is 12.1 Å². The van der Waals surface area contributed by atoms with Gasteiger partial charge in [-0.3, -0.25) is 4.72 Å². The van der Waals surface area contributed by atoms with E-state index in [0.29, 0.717) is 11.3 Å². The lowest BCUT2D eigenvalue weighted by molar-refractivity contribution is 0.527. The molecular formula is C9H12N4O2S. The fourth-order valence-corrected chi connectivity index (χ4v) is 1.88. The molecule has 0 unspecified atom stereocenters. The van der Waals surface area contributed by atoms with Gasteiger partial charge in [0.1, 0.15) is 0 Å². The Bertz CT molecular complexity index is 603. The third-order valence-corrected chi connectivity index (χ3v) is 3.58. The number of rotatable bonds is 3. The van der Waals surface area contributed by atoms with Crippen molar-refractivity contribution in [2.24, 2.45) is 0 Å². The molecule has 0 spiro atoms. The minimum atomic E-state index is -3.49. The third-order valence-electron chi connectivity index (χ3n) is 2.14. The number of imidazole rings is 1. The molecular weight excluding hydrogens is 228 g/mol. The normalized spacial score (nSPS) is 12.2. The Morgan fingerprint density at radius 2 is 2.12 bits per heavy atom. The van der Waals surface area contributed by atoms with Gasteiger partial charge in [0, 0.05) is 32.7 Å². The van der Waals surface area contributed by atoms with Crippen molar-refractivity contribution in [3.63, 3.8) is 0 Å². The van der Waals surface area contributed by atoms with Crippen molar-refractivity contribution in [3.05, 3.63) is 30.7 Å². The number of hydrogen-bond acceptors (Lipinski definition) is 3. The van der Waals surface area contributed by atoms with E-state index in [1.165, 1.54) is 14.1 Å². The van der Waals surface area contributed by atoms with Crippen molar-refractivity contribution in [3.8, 4) is 0 Å². The molecule has 0 saturated carbocycles. The van der Waals surface area contributed by atoms with Crippen LogP contribution in [0, 0.1) is 0 Å². The second-order valence-electron chi connectivity index (χ2n) is 3.47. The predicted molar refractivity (Wildman–Crippen MR) is 61.4 cm³/mol. The molecule has 0 aliphatic heterocycles. The first-order valence-corrected chi connectivity index (χ1v) is 6.07. The number of hydrogen-bond donors (Lipinski definition) is 1. The maximum atomic E-state index is 11.6. The lowest BCUT2D eigenvalue weighted by Gasteiger charge is -2.13. The summed E-state index contributed by atoms with van der Waals surface area (Å²) >= 11 is 0. The van der Waals surface area contributed by atoms with Crippen LogP contribution in [-0.2, 0) is 10.2 Å². The summed E-state index contributed by atoms with van der Waals surface area (Å²) in [4.78, 5) is 4.08. The smallest absolute Gasteiger partial charge is 0.301 e. The van der Waals surface area contributed by atoms with Crippen LogP contribution >= 0.6 is 0 Å². The Labute approximate surface area is 93.7 Å². The summed E-state index contributed by atoms with van der Waals surface area (Å²) in [6, 6.07) is 3.42. The minimum Gasteiger partial charge on any atom is -0.305 e.